The van der Waals surface area contributed by atoms with E-state index in [0.717, 1.165) is 30.5 Å². The molecule has 1 aliphatic heterocycles. The maximum absolute atomic E-state index is 13.1. The molecule has 1 saturated heterocycles. The normalized spacial score (nSPS) is 19.0. The standard InChI is InChI=1S/C21H29NO2SSi/c1-18-11-13-21(14-12-18)25(23,24)22-15-7-10-20(22)17-26(2,3)16-19-8-5-4-6-9-19/h4-6,8-9,11-14,20H,7,10,15-17H2,1-3H3. The van der Waals surface area contributed by atoms with Gasteiger partial charge in [0.2, 0.25) is 10.0 Å². The zero-order chi connectivity index (χ0) is 18.8. The molecule has 5 heteroatoms. The molecule has 1 atom stereocenters. The fraction of sp³-hybridized carbons (Fsp3) is 0.429. The molecule has 26 heavy (non-hydrogen) atoms. The van der Waals surface area contributed by atoms with Crippen molar-refractivity contribution >= 4 is 18.1 Å². The van der Waals surface area contributed by atoms with E-state index in [9.17, 15) is 8.42 Å². The molecule has 0 amide bonds. The molecule has 1 fully saturated rings. The summed E-state index contributed by atoms with van der Waals surface area (Å²) in [5, 5.41) is 0. The molecule has 0 radical (unpaired) electrons. The number of sulfonamides is 1. The molecule has 0 N–H and O–H groups in total. The van der Waals surface area contributed by atoms with E-state index in [4.69, 9.17) is 0 Å². The van der Waals surface area contributed by atoms with Gasteiger partial charge in [0.05, 0.1) is 13.0 Å². The molecule has 0 bridgehead atoms. The lowest BCUT2D eigenvalue weighted by molar-refractivity contribution is 0.405. The number of hydrogen-bond acceptors (Lipinski definition) is 2. The third-order valence-corrected chi connectivity index (χ3v) is 10.2. The average molecular weight is 388 g/mol. The van der Waals surface area contributed by atoms with Crippen molar-refractivity contribution in [2.45, 2.75) is 55.9 Å². The van der Waals surface area contributed by atoms with E-state index in [0.29, 0.717) is 11.4 Å². The Morgan fingerprint density at radius 2 is 1.69 bits per heavy atom. The Labute approximate surface area is 159 Å². The van der Waals surface area contributed by atoms with E-state index in [1.165, 1.54) is 5.56 Å². The summed E-state index contributed by atoms with van der Waals surface area (Å²) in [7, 11) is -4.94. The van der Waals surface area contributed by atoms with Crippen molar-refractivity contribution in [1.29, 1.82) is 0 Å². The maximum atomic E-state index is 13.1. The Kier molecular flexibility index (Phi) is 5.70. The third kappa shape index (κ3) is 4.45. The van der Waals surface area contributed by atoms with Crippen LogP contribution in [0.5, 0.6) is 0 Å². The molecule has 0 aromatic heterocycles. The molecule has 0 saturated carbocycles. The first-order valence-corrected chi connectivity index (χ1v) is 14.3. The van der Waals surface area contributed by atoms with Crippen LogP contribution >= 0.6 is 0 Å². The summed E-state index contributed by atoms with van der Waals surface area (Å²) < 4.78 is 28.1. The van der Waals surface area contributed by atoms with E-state index in [1.807, 2.05) is 25.1 Å². The monoisotopic (exact) mass is 387 g/mol. The smallest absolute Gasteiger partial charge is 0.207 e. The highest BCUT2D eigenvalue weighted by molar-refractivity contribution is 7.89. The Balaban J connectivity index is 1.76. The minimum atomic E-state index is -3.39. The van der Waals surface area contributed by atoms with Crippen LogP contribution in [0.2, 0.25) is 19.1 Å². The lowest BCUT2D eigenvalue weighted by atomic mass is 10.2. The van der Waals surface area contributed by atoms with Gasteiger partial charge in [-0.15, -0.1) is 0 Å². The van der Waals surface area contributed by atoms with E-state index in [1.54, 1.807) is 16.4 Å². The van der Waals surface area contributed by atoms with Crippen LogP contribution in [0.4, 0.5) is 0 Å². The van der Waals surface area contributed by atoms with Gasteiger partial charge in [-0.05, 0) is 44.0 Å². The van der Waals surface area contributed by atoms with Crippen LogP contribution < -0.4 is 0 Å². The molecule has 1 heterocycles. The summed E-state index contributed by atoms with van der Waals surface area (Å²) in [6, 6.07) is 20.1. The minimum absolute atomic E-state index is 0.145. The predicted octanol–water partition coefficient (Wildman–Crippen LogP) is 4.64. The summed E-state index contributed by atoms with van der Waals surface area (Å²) in [5.74, 6) is 0. The Hall–Kier alpha value is -1.43. The molecule has 0 spiro atoms. The first-order valence-electron chi connectivity index (χ1n) is 9.40. The second-order valence-corrected chi connectivity index (χ2v) is 15.2. The van der Waals surface area contributed by atoms with Gasteiger partial charge in [0.1, 0.15) is 0 Å². The van der Waals surface area contributed by atoms with Crippen LogP contribution in [0, 0.1) is 6.92 Å². The van der Waals surface area contributed by atoms with Gasteiger partial charge in [0.25, 0.3) is 0 Å². The van der Waals surface area contributed by atoms with Crippen LogP contribution in [0.25, 0.3) is 0 Å². The van der Waals surface area contributed by atoms with Gasteiger partial charge in [-0.25, -0.2) is 8.42 Å². The molecule has 1 aliphatic rings. The van der Waals surface area contributed by atoms with Crippen molar-refractivity contribution in [1.82, 2.24) is 4.31 Å². The molecular formula is C21H29NO2SSi. The van der Waals surface area contributed by atoms with Gasteiger partial charge in [-0.2, -0.15) is 4.31 Å². The van der Waals surface area contributed by atoms with Crippen molar-refractivity contribution in [3.8, 4) is 0 Å². The van der Waals surface area contributed by atoms with Crippen molar-refractivity contribution < 1.29 is 8.42 Å². The van der Waals surface area contributed by atoms with Gasteiger partial charge in [-0.1, -0.05) is 66.7 Å². The first kappa shape index (κ1) is 19.3. The maximum Gasteiger partial charge on any atom is 0.243 e. The molecule has 0 aliphatic carbocycles. The molecule has 2 aromatic carbocycles. The van der Waals surface area contributed by atoms with Crippen LogP contribution in [0.15, 0.2) is 59.5 Å². The SMILES string of the molecule is Cc1ccc(S(=O)(=O)N2CCCC2C[Si](C)(C)Cc2ccccc2)cc1. The number of benzene rings is 2. The zero-order valence-corrected chi connectivity index (χ0v) is 17.8. The van der Waals surface area contributed by atoms with Crippen molar-refractivity contribution in [2.24, 2.45) is 0 Å². The first-order chi connectivity index (χ1) is 12.3. The Morgan fingerprint density at radius 1 is 1.04 bits per heavy atom. The fourth-order valence-electron chi connectivity index (χ4n) is 4.03. The third-order valence-electron chi connectivity index (χ3n) is 5.26. The summed E-state index contributed by atoms with van der Waals surface area (Å²) in [6.07, 6.45) is 1.95. The minimum Gasteiger partial charge on any atom is -0.207 e. The summed E-state index contributed by atoms with van der Waals surface area (Å²) >= 11 is 0. The number of aryl methyl sites for hydroxylation is 1. The van der Waals surface area contributed by atoms with E-state index >= 15 is 0 Å². The summed E-state index contributed by atoms with van der Waals surface area (Å²) in [6.45, 7) is 7.40. The Bertz CT molecular complexity index is 832. The zero-order valence-electron chi connectivity index (χ0n) is 16.0. The lowest BCUT2D eigenvalue weighted by Crippen LogP contribution is -2.42. The highest BCUT2D eigenvalue weighted by Gasteiger charge is 2.38. The van der Waals surface area contributed by atoms with Crippen LogP contribution in [-0.4, -0.2) is 33.4 Å². The lowest BCUT2D eigenvalue weighted by Gasteiger charge is -2.31. The quantitative estimate of drug-likeness (QED) is 0.677. The van der Waals surface area contributed by atoms with E-state index in [-0.39, 0.29) is 6.04 Å². The number of rotatable bonds is 6. The van der Waals surface area contributed by atoms with Crippen LogP contribution in [0.1, 0.15) is 24.0 Å². The van der Waals surface area contributed by atoms with E-state index in [2.05, 4.69) is 37.4 Å². The van der Waals surface area contributed by atoms with Gasteiger partial charge >= 0.3 is 0 Å². The highest BCUT2D eigenvalue weighted by Crippen LogP contribution is 2.32. The van der Waals surface area contributed by atoms with Crippen molar-refractivity contribution in [3.05, 3.63) is 65.7 Å². The Morgan fingerprint density at radius 3 is 2.35 bits per heavy atom. The van der Waals surface area contributed by atoms with Gasteiger partial charge in [-0.3, -0.25) is 0 Å². The number of hydrogen-bond donors (Lipinski definition) is 0. The molecule has 2 aromatic rings. The van der Waals surface area contributed by atoms with E-state index < -0.39 is 18.1 Å². The molecular weight excluding hydrogens is 358 g/mol. The van der Waals surface area contributed by atoms with Crippen LogP contribution in [0.3, 0.4) is 0 Å². The second kappa shape index (κ2) is 7.67. The fourth-order valence-corrected chi connectivity index (χ4v) is 9.04. The van der Waals surface area contributed by atoms with Gasteiger partial charge in [0, 0.05) is 12.6 Å². The van der Waals surface area contributed by atoms with Gasteiger partial charge < -0.3 is 0 Å². The van der Waals surface area contributed by atoms with Crippen LogP contribution in [-0.2, 0) is 16.1 Å². The average Bonchev–Trinajstić information content (AvgIpc) is 3.04. The number of nitrogens with zero attached hydrogens (tertiary/aromatic N) is 1. The topological polar surface area (TPSA) is 37.4 Å². The predicted molar refractivity (Wildman–Crippen MR) is 111 cm³/mol. The largest absolute Gasteiger partial charge is 0.243 e. The molecule has 3 rings (SSSR count). The van der Waals surface area contributed by atoms with Crippen molar-refractivity contribution in [3.63, 3.8) is 0 Å². The summed E-state index contributed by atoms with van der Waals surface area (Å²) in [4.78, 5) is 0.428. The molecule has 3 nitrogen and oxygen atoms in total. The molecule has 1 unspecified atom stereocenters. The highest BCUT2D eigenvalue weighted by atomic mass is 32.2. The van der Waals surface area contributed by atoms with Gasteiger partial charge in [0.15, 0.2) is 0 Å². The second-order valence-electron chi connectivity index (χ2n) is 8.26. The van der Waals surface area contributed by atoms with Crippen molar-refractivity contribution in [2.75, 3.05) is 6.54 Å². The summed E-state index contributed by atoms with van der Waals surface area (Å²) in [5.41, 5.74) is 2.45. The molecule has 140 valence electrons.